The minimum atomic E-state index is -0.0905. The van der Waals surface area contributed by atoms with Crippen LogP contribution in [0.2, 0.25) is 0 Å². The zero-order valence-electron chi connectivity index (χ0n) is 11.4. The number of thiazole rings is 1. The Bertz CT molecular complexity index is 643. The third-order valence-electron chi connectivity index (χ3n) is 3.32. The van der Waals surface area contributed by atoms with Gasteiger partial charge in [0.1, 0.15) is 5.69 Å². The summed E-state index contributed by atoms with van der Waals surface area (Å²) in [5.74, 6) is 0.286. The second-order valence-electron chi connectivity index (χ2n) is 5.37. The first-order chi connectivity index (χ1) is 9.54. The van der Waals surface area contributed by atoms with Crippen LogP contribution in [0.4, 0.5) is 5.13 Å². The predicted octanol–water partition coefficient (Wildman–Crippen LogP) is 4.42. The van der Waals surface area contributed by atoms with Crippen molar-refractivity contribution >= 4 is 38.3 Å². The quantitative estimate of drug-likeness (QED) is 0.884. The Morgan fingerprint density at radius 3 is 2.90 bits per heavy atom. The predicted molar refractivity (Wildman–Crippen MR) is 84.6 cm³/mol. The first-order valence-electron chi connectivity index (χ1n) is 6.68. The Hall–Kier alpha value is -1.14. The summed E-state index contributed by atoms with van der Waals surface area (Å²) in [5, 5.41) is 5.56. The molecular weight excluding hydrogens is 338 g/mol. The maximum Gasteiger partial charge on any atom is 0.274 e. The maximum atomic E-state index is 12.4. The molecule has 1 aliphatic rings. The molecule has 2 aromatic rings. The summed E-state index contributed by atoms with van der Waals surface area (Å²) in [6.07, 6.45) is 4.28. The van der Waals surface area contributed by atoms with Crippen molar-refractivity contribution in [3.05, 3.63) is 33.5 Å². The average molecular weight is 354 g/mol. The molecule has 1 N–H and O–H groups in total. The molecule has 0 bridgehead atoms. The first kappa shape index (κ1) is 13.8. The van der Waals surface area contributed by atoms with E-state index < -0.39 is 0 Å². The molecule has 0 aromatic carbocycles. The number of rotatable bonds is 4. The van der Waals surface area contributed by atoms with Gasteiger partial charge in [0.15, 0.2) is 5.13 Å². The van der Waals surface area contributed by atoms with E-state index in [1.54, 1.807) is 0 Å². The number of hydrogen-bond donors (Lipinski definition) is 1. The standard InChI is InChI=1S/C14H16BrN3OS/c1-8(2)11-7-20-14(16-11)17-13(19)12-5-9(15)6-18(12)10-3-4-10/h5-8,10H,3-4H2,1-2H3,(H,16,17,19). The van der Waals surface area contributed by atoms with Gasteiger partial charge in [-0.15, -0.1) is 11.3 Å². The molecule has 20 heavy (non-hydrogen) atoms. The third-order valence-corrected chi connectivity index (χ3v) is 4.53. The van der Waals surface area contributed by atoms with E-state index in [1.165, 1.54) is 11.3 Å². The van der Waals surface area contributed by atoms with Crippen LogP contribution in [0.15, 0.2) is 22.1 Å². The minimum Gasteiger partial charge on any atom is -0.339 e. The van der Waals surface area contributed by atoms with Gasteiger partial charge in [-0.2, -0.15) is 0 Å². The normalized spacial score (nSPS) is 14.8. The van der Waals surface area contributed by atoms with Gasteiger partial charge in [0.05, 0.1) is 5.69 Å². The summed E-state index contributed by atoms with van der Waals surface area (Å²) >= 11 is 4.92. The van der Waals surface area contributed by atoms with Gasteiger partial charge < -0.3 is 4.57 Å². The van der Waals surface area contributed by atoms with Crippen molar-refractivity contribution in [3.63, 3.8) is 0 Å². The van der Waals surface area contributed by atoms with E-state index in [4.69, 9.17) is 0 Å². The van der Waals surface area contributed by atoms with Crippen LogP contribution >= 0.6 is 27.3 Å². The van der Waals surface area contributed by atoms with E-state index in [0.29, 0.717) is 22.8 Å². The molecule has 0 atom stereocenters. The van der Waals surface area contributed by atoms with Crippen molar-refractivity contribution in [1.82, 2.24) is 9.55 Å². The summed E-state index contributed by atoms with van der Waals surface area (Å²) < 4.78 is 2.99. The fourth-order valence-electron chi connectivity index (χ4n) is 2.05. The van der Waals surface area contributed by atoms with Crippen molar-refractivity contribution in [2.75, 3.05) is 5.32 Å². The zero-order valence-corrected chi connectivity index (χ0v) is 13.8. The Labute approximate surface area is 130 Å². The summed E-state index contributed by atoms with van der Waals surface area (Å²) in [5.41, 5.74) is 1.71. The molecule has 2 heterocycles. The lowest BCUT2D eigenvalue weighted by Crippen LogP contribution is -2.16. The highest BCUT2D eigenvalue weighted by Gasteiger charge is 2.28. The number of hydrogen-bond acceptors (Lipinski definition) is 3. The first-order valence-corrected chi connectivity index (χ1v) is 8.36. The number of nitrogens with zero attached hydrogens (tertiary/aromatic N) is 2. The third kappa shape index (κ3) is 2.81. The van der Waals surface area contributed by atoms with Crippen molar-refractivity contribution in [1.29, 1.82) is 0 Å². The summed E-state index contributed by atoms with van der Waals surface area (Å²) in [6.45, 7) is 4.19. The second kappa shape index (κ2) is 5.33. The van der Waals surface area contributed by atoms with Crippen LogP contribution in [-0.2, 0) is 0 Å². The fraction of sp³-hybridized carbons (Fsp3) is 0.429. The minimum absolute atomic E-state index is 0.0905. The molecule has 3 rings (SSSR count). The average Bonchev–Trinajstić information content (AvgIpc) is 3.00. The van der Waals surface area contributed by atoms with E-state index in [-0.39, 0.29) is 5.91 Å². The van der Waals surface area contributed by atoms with Gasteiger partial charge in [0, 0.05) is 22.1 Å². The molecule has 0 aliphatic heterocycles. The molecule has 0 spiro atoms. The molecule has 6 heteroatoms. The van der Waals surface area contributed by atoms with Crippen molar-refractivity contribution < 1.29 is 4.79 Å². The van der Waals surface area contributed by atoms with Gasteiger partial charge in [-0.25, -0.2) is 4.98 Å². The zero-order chi connectivity index (χ0) is 14.3. The molecule has 106 valence electrons. The number of nitrogens with one attached hydrogen (secondary N) is 1. The number of carbonyl (C=O) groups is 1. The fourth-order valence-corrected chi connectivity index (χ4v) is 3.36. The number of aromatic nitrogens is 2. The monoisotopic (exact) mass is 353 g/mol. The number of halogens is 1. The number of anilines is 1. The van der Waals surface area contributed by atoms with E-state index in [0.717, 1.165) is 23.0 Å². The molecule has 1 fully saturated rings. The number of amides is 1. The van der Waals surface area contributed by atoms with Crippen molar-refractivity contribution in [2.45, 2.75) is 38.6 Å². The topological polar surface area (TPSA) is 46.9 Å². The van der Waals surface area contributed by atoms with Crippen molar-refractivity contribution in [3.8, 4) is 0 Å². The van der Waals surface area contributed by atoms with Gasteiger partial charge in [-0.3, -0.25) is 10.1 Å². The molecule has 1 amide bonds. The summed E-state index contributed by atoms with van der Waals surface area (Å²) in [7, 11) is 0. The highest BCUT2D eigenvalue weighted by Crippen LogP contribution is 2.37. The molecule has 2 aromatic heterocycles. The number of carbonyl (C=O) groups excluding carboxylic acids is 1. The lowest BCUT2D eigenvalue weighted by molar-refractivity contribution is 0.101. The Morgan fingerprint density at radius 1 is 1.55 bits per heavy atom. The van der Waals surface area contributed by atoms with Crippen LogP contribution in [0.25, 0.3) is 0 Å². The van der Waals surface area contributed by atoms with Crippen LogP contribution < -0.4 is 5.32 Å². The molecule has 0 saturated heterocycles. The van der Waals surface area contributed by atoms with Crippen LogP contribution in [0.3, 0.4) is 0 Å². The second-order valence-corrected chi connectivity index (χ2v) is 7.14. The Morgan fingerprint density at radius 2 is 2.30 bits per heavy atom. The van der Waals surface area contributed by atoms with Gasteiger partial charge in [0.2, 0.25) is 0 Å². The van der Waals surface area contributed by atoms with Gasteiger partial charge >= 0.3 is 0 Å². The molecule has 0 unspecified atom stereocenters. The lowest BCUT2D eigenvalue weighted by Gasteiger charge is -2.06. The highest BCUT2D eigenvalue weighted by molar-refractivity contribution is 9.10. The summed E-state index contributed by atoms with van der Waals surface area (Å²) in [6, 6.07) is 2.34. The smallest absolute Gasteiger partial charge is 0.274 e. The van der Waals surface area contributed by atoms with E-state index >= 15 is 0 Å². The van der Waals surface area contributed by atoms with E-state index in [1.807, 2.05) is 17.6 Å². The molecule has 0 radical (unpaired) electrons. The van der Waals surface area contributed by atoms with Crippen LogP contribution in [0.5, 0.6) is 0 Å². The van der Waals surface area contributed by atoms with Gasteiger partial charge in [-0.05, 0) is 40.8 Å². The molecule has 1 aliphatic carbocycles. The van der Waals surface area contributed by atoms with Crippen LogP contribution in [0.1, 0.15) is 54.8 Å². The SMILES string of the molecule is CC(C)c1csc(NC(=O)c2cc(Br)cn2C2CC2)n1. The molecule has 1 saturated carbocycles. The van der Waals surface area contributed by atoms with Gasteiger partial charge in [-0.1, -0.05) is 13.8 Å². The van der Waals surface area contributed by atoms with Crippen molar-refractivity contribution in [2.24, 2.45) is 0 Å². The molecule has 4 nitrogen and oxygen atoms in total. The summed E-state index contributed by atoms with van der Waals surface area (Å²) in [4.78, 5) is 16.8. The van der Waals surface area contributed by atoms with E-state index in [2.05, 4.69) is 44.6 Å². The van der Waals surface area contributed by atoms with Crippen LogP contribution in [-0.4, -0.2) is 15.5 Å². The Kier molecular flexibility index (Phi) is 3.69. The lowest BCUT2D eigenvalue weighted by atomic mass is 10.2. The van der Waals surface area contributed by atoms with Crippen LogP contribution in [0, 0.1) is 0 Å². The largest absolute Gasteiger partial charge is 0.339 e. The van der Waals surface area contributed by atoms with Gasteiger partial charge in [0.25, 0.3) is 5.91 Å². The molecular formula is C14H16BrN3OS. The highest BCUT2D eigenvalue weighted by atomic mass is 79.9. The Balaban J connectivity index is 1.78. The van der Waals surface area contributed by atoms with E-state index in [9.17, 15) is 4.79 Å². The maximum absolute atomic E-state index is 12.4.